The zero-order chi connectivity index (χ0) is 12.5. The molecule has 1 unspecified atom stereocenters. The maximum absolute atomic E-state index is 12.0. The lowest BCUT2D eigenvalue weighted by Crippen LogP contribution is -2.31. The molecule has 1 aromatic carbocycles. The second-order valence-electron chi connectivity index (χ2n) is 4.22. The minimum Gasteiger partial charge on any atom is -0.212 e. The summed E-state index contributed by atoms with van der Waals surface area (Å²) < 4.78 is 25.5. The average molecular weight is 274 g/mol. The highest BCUT2D eigenvalue weighted by atomic mass is 35.5. The van der Waals surface area contributed by atoms with Gasteiger partial charge in [0.05, 0.1) is 5.75 Å². The second kappa shape index (κ2) is 4.96. The van der Waals surface area contributed by atoms with Gasteiger partial charge in [0.1, 0.15) is 0 Å². The SMILES string of the molecule is CCS(=O)(=O)N1CCCC1c1cccc(Cl)c1. The van der Waals surface area contributed by atoms with Crippen LogP contribution < -0.4 is 0 Å². The molecule has 1 atom stereocenters. The molecule has 1 aliphatic rings. The van der Waals surface area contributed by atoms with Gasteiger partial charge in [-0.15, -0.1) is 0 Å². The summed E-state index contributed by atoms with van der Waals surface area (Å²) in [5, 5.41) is 0.656. The molecule has 17 heavy (non-hydrogen) atoms. The van der Waals surface area contributed by atoms with Crippen LogP contribution in [0.3, 0.4) is 0 Å². The molecule has 0 aromatic heterocycles. The molecule has 1 aromatic rings. The average Bonchev–Trinajstić information content (AvgIpc) is 2.78. The molecular formula is C12H16ClNO2S. The summed E-state index contributed by atoms with van der Waals surface area (Å²) in [6.07, 6.45) is 1.79. The maximum atomic E-state index is 12.0. The molecule has 2 rings (SSSR count). The summed E-state index contributed by atoms with van der Waals surface area (Å²) in [6.45, 7) is 2.30. The van der Waals surface area contributed by atoms with Crippen molar-refractivity contribution < 1.29 is 8.42 Å². The standard InChI is InChI=1S/C12H16ClNO2S/c1-2-17(15,16)14-8-4-7-12(14)10-5-3-6-11(13)9-10/h3,5-6,9,12H,2,4,7-8H2,1H3. The van der Waals surface area contributed by atoms with E-state index in [1.807, 2.05) is 18.2 Å². The van der Waals surface area contributed by atoms with Crippen molar-refractivity contribution in [1.82, 2.24) is 4.31 Å². The molecule has 94 valence electrons. The summed E-state index contributed by atoms with van der Waals surface area (Å²) in [6, 6.07) is 7.43. The molecule has 3 nitrogen and oxygen atoms in total. The van der Waals surface area contributed by atoms with E-state index in [0.29, 0.717) is 11.6 Å². The summed E-state index contributed by atoms with van der Waals surface area (Å²) in [5.74, 6) is 0.157. The van der Waals surface area contributed by atoms with Crippen molar-refractivity contribution in [3.63, 3.8) is 0 Å². The first-order valence-corrected chi connectivity index (χ1v) is 7.78. The van der Waals surface area contributed by atoms with Crippen LogP contribution in [0.15, 0.2) is 24.3 Å². The van der Waals surface area contributed by atoms with Gasteiger partial charge in [0, 0.05) is 17.6 Å². The van der Waals surface area contributed by atoms with Crippen LogP contribution in [0.2, 0.25) is 5.02 Å². The largest absolute Gasteiger partial charge is 0.214 e. The molecule has 0 aliphatic carbocycles. The molecule has 0 amide bonds. The Morgan fingerprint density at radius 1 is 1.47 bits per heavy atom. The predicted molar refractivity (Wildman–Crippen MR) is 69.6 cm³/mol. The molecule has 0 spiro atoms. The Kier molecular flexibility index (Phi) is 3.76. The van der Waals surface area contributed by atoms with Crippen LogP contribution >= 0.6 is 11.6 Å². The minimum absolute atomic E-state index is 0.0429. The smallest absolute Gasteiger partial charge is 0.212 e. The van der Waals surface area contributed by atoms with Gasteiger partial charge in [-0.25, -0.2) is 8.42 Å². The Labute approximate surface area is 107 Å². The molecule has 0 radical (unpaired) electrons. The van der Waals surface area contributed by atoms with Gasteiger partial charge in [-0.1, -0.05) is 23.7 Å². The van der Waals surface area contributed by atoms with Crippen LogP contribution in [0.5, 0.6) is 0 Å². The zero-order valence-electron chi connectivity index (χ0n) is 9.77. The van der Waals surface area contributed by atoms with Crippen LogP contribution in [0.25, 0.3) is 0 Å². The third-order valence-corrected chi connectivity index (χ3v) is 5.28. The third kappa shape index (κ3) is 2.64. The summed E-state index contributed by atoms with van der Waals surface area (Å²) in [5.41, 5.74) is 0.993. The molecule has 1 saturated heterocycles. The lowest BCUT2D eigenvalue weighted by Gasteiger charge is -2.23. The van der Waals surface area contributed by atoms with Crippen LogP contribution in [0.1, 0.15) is 31.4 Å². The van der Waals surface area contributed by atoms with Crippen molar-refractivity contribution >= 4 is 21.6 Å². The number of benzene rings is 1. The molecule has 0 N–H and O–H groups in total. The Morgan fingerprint density at radius 3 is 2.88 bits per heavy atom. The van der Waals surface area contributed by atoms with Gasteiger partial charge in [-0.3, -0.25) is 0 Å². The highest BCUT2D eigenvalue weighted by Crippen LogP contribution is 2.35. The molecule has 0 bridgehead atoms. The first-order chi connectivity index (χ1) is 8.04. The van der Waals surface area contributed by atoms with Gasteiger partial charge in [0.15, 0.2) is 0 Å². The molecule has 1 heterocycles. The van der Waals surface area contributed by atoms with E-state index in [1.54, 1.807) is 17.3 Å². The monoisotopic (exact) mass is 273 g/mol. The Bertz CT molecular complexity index is 501. The van der Waals surface area contributed by atoms with Crippen LogP contribution in [-0.2, 0) is 10.0 Å². The van der Waals surface area contributed by atoms with E-state index in [1.165, 1.54) is 0 Å². The van der Waals surface area contributed by atoms with E-state index < -0.39 is 10.0 Å². The number of hydrogen-bond acceptors (Lipinski definition) is 2. The summed E-state index contributed by atoms with van der Waals surface area (Å²) in [4.78, 5) is 0. The Balaban J connectivity index is 2.32. The molecular weight excluding hydrogens is 258 g/mol. The van der Waals surface area contributed by atoms with Crippen molar-refractivity contribution in [3.05, 3.63) is 34.9 Å². The van der Waals surface area contributed by atoms with Crippen LogP contribution in [0, 0.1) is 0 Å². The van der Waals surface area contributed by atoms with Gasteiger partial charge in [-0.2, -0.15) is 4.31 Å². The van der Waals surface area contributed by atoms with Crippen LogP contribution in [-0.4, -0.2) is 25.0 Å². The molecule has 1 fully saturated rings. The second-order valence-corrected chi connectivity index (χ2v) is 6.87. The first-order valence-electron chi connectivity index (χ1n) is 5.79. The van der Waals surface area contributed by atoms with Crippen LogP contribution in [0.4, 0.5) is 0 Å². The number of halogens is 1. The van der Waals surface area contributed by atoms with Crippen molar-refractivity contribution in [3.8, 4) is 0 Å². The van der Waals surface area contributed by atoms with E-state index in [0.717, 1.165) is 18.4 Å². The predicted octanol–water partition coefficient (Wildman–Crippen LogP) is 2.83. The molecule has 0 saturated carbocycles. The van der Waals surface area contributed by atoms with E-state index >= 15 is 0 Å². The molecule has 5 heteroatoms. The lowest BCUT2D eigenvalue weighted by molar-refractivity contribution is 0.397. The zero-order valence-corrected chi connectivity index (χ0v) is 11.3. The minimum atomic E-state index is -3.12. The maximum Gasteiger partial charge on any atom is 0.214 e. The van der Waals surface area contributed by atoms with Gasteiger partial charge in [0.25, 0.3) is 0 Å². The van der Waals surface area contributed by atoms with Crippen molar-refractivity contribution in [2.75, 3.05) is 12.3 Å². The van der Waals surface area contributed by atoms with E-state index in [9.17, 15) is 8.42 Å². The summed E-state index contributed by atoms with van der Waals surface area (Å²) >= 11 is 5.95. The lowest BCUT2D eigenvalue weighted by atomic mass is 10.1. The van der Waals surface area contributed by atoms with Gasteiger partial charge in [0.2, 0.25) is 10.0 Å². The number of sulfonamides is 1. The van der Waals surface area contributed by atoms with Crippen molar-refractivity contribution in [2.45, 2.75) is 25.8 Å². The Morgan fingerprint density at radius 2 is 2.24 bits per heavy atom. The van der Waals surface area contributed by atoms with Crippen molar-refractivity contribution in [2.24, 2.45) is 0 Å². The fourth-order valence-electron chi connectivity index (χ4n) is 2.29. The van der Waals surface area contributed by atoms with Gasteiger partial charge >= 0.3 is 0 Å². The van der Waals surface area contributed by atoms with Gasteiger partial charge in [-0.05, 0) is 37.5 Å². The van der Waals surface area contributed by atoms with E-state index in [4.69, 9.17) is 11.6 Å². The number of nitrogens with zero attached hydrogens (tertiary/aromatic N) is 1. The highest BCUT2D eigenvalue weighted by molar-refractivity contribution is 7.89. The molecule has 1 aliphatic heterocycles. The van der Waals surface area contributed by atoms with E-state index in [2.05, 4.69) is 0 Å². The first kappa shape index (κ1) is 12.9. The Hall–Kier alpha value is -0.580. The van der Waals surface area contributed by atoms with Gasteiger partial charge < -0.3 is 0 Å². The van der Waals surface area contributed by atoms with E-state index in [-0.39, 0.29) is 11.8 Å². The topological polar surface area (TPSA) is 37.4 Å². The number of hydrogen-bond donors (Lipinski definition) is 0. The summed E-state index contributed by atoms with van der Waals surface area (Å²) in [7, 11) is -3.12. The highest BCUT2D eigenvalue weighted by Gasteiger charge is 2.33. The fourth-order valence-corrected chi connectivity index (χ4v) is 3.84. The normalized spacial score (nSPS) is 21.9. The van der Waals surface area contributed by atoms with Crippen molar-refractivity contribution in [1.29, 1.82) is 0 Å². The number of rotatable bonds is 3. The third-order valence-electron chi connectivity index (χ3n) is 3.16. The fraction of sp³-hybridized carbons (Fsp3) is 0.500. The quantitative estimate of drug-likeness (QED) is 0.849.